The fraction of sp³-hybridized carbons (Fsp3) is 0.409. The molecule has 8 heteroatoms. The van der Waals surface area contributed by atoms with Crippen LogP contribution in [0.25, 0.3) is 11.1 Å². The van der Waals surface area contributed by atoms with Gasteiger partial charge in [-0.25, -0.2) is 9.97 Å². The van der Waals surface area contributed by atoms with Crippen molar-refractivity contribution in [1.82, 2.24) is 25.0 Å². The third-order valence-corrected chi connectivity index (χ3v) is 5.40. The molecule has 0 aromatic carbocycles. The zero-order valence-corrected chi connectivity index (χ0v) is 17.2. The van der Waals surface area contributed by atoms with Crippen molar-refractivity contribution in [2.75, 3.05) is 13.7 Å². The van der Waals surface area contributed by atoms with Gasteiger partial charge in [-0.15, -0.1) is 0 Å². The molecule has 1 aliphatic heterocycles. The van der Waals surface area contributed by atoms with Crippen LogP contribution in [0.15, 0.2) is 41.3 Å². The molecule has 0 N–H and O–H groups in total. The van der Waals surface area contributed by atoms with Gasteiger partial charge in [0.2, 0.25) is 5.91 Å². The monoisotopic (exact) mass is 407 g/mol. The molecule has 4 heterocycles. The summed E-state index contributed by atoms with van der Waals surface area (Å²) in [5.41, 5.74) is 2.86. The maximum atomic E-state index is 13.1. The lowest BCUT2D eigenvalue weighted by Gasteiger charge is -2.36. The molecule has 4 rings (SSSR count). The number of rotatable bonds is 6. The standard InChI is InChI=1S/C22H25N5O3/c1-15-24-14-18(16-8-10-23-11-9-16)22(25-15)19-5-3-4-12-27(19)21(28)7-6-17-13-20(29-2)26-30-17/h8-11,13-14,19H,3-7,12H2,1-2H3/t19-/m0/s1. The molecule has 30 heavy (non-hydrogen) atoms. The second-order valence-electron chi connectivity index (χ2n) is 7.39. The number of piperidine rings is 1. The van der Waals surface area contributed by atoms with Crippen LogP contribution in [-0.4, -0.2) is 44.6 Å². The highest BCUT2D eigenvalue weighted by Crippen LogP contribution is 2.36. The van der Waals surface area contributed by atoms with Crippen LogP contribution in [0.4, 0.5) is 0 Å². The Labute approximate surface area is 175 Å². The van der Waals surface area contributed by atoms with Crippen molar-refractivity contribution < 1.29 is 14.1 Å². The lowest BCUT2D eigenvalue weighted by atomic mass is 9.93. The summed E-state index contributed by atoms with van der Waals surface area (Å²) >= 11 is 0. The molecule has 0 saturated carbocycles. The topological polar surface area (TPSA) is 94.2 Å². The summed E-state index contributed by atoms with van der Waals surface area (Å²) in [6, 6.07) is 5.55. The first-order valence-corrected chi connectivity index (χ1v) is 10.2. The van der Waals surface area contributed by atoms with Crippen LogP contribution >= 0.6 is 0 Å². The van der Waals surface area contributed by atoms with Gasteiger partial charge in [0.15, 0.2) is 0 Å². The summed E-state index contributed by atoms with van der Waals surface area (Å²) in [4.78, 5) is 28.4. The summed E-state index contributed by atoms with van der Waals surface area (Å²) in [6.45, 7) is 2.61. The van der Waals surface area contributed by atoms with Gasteiger partial charge in [-0.2, -0.15) is 0 Å². The van der Waals surface area contributed by atoms with Crippen molar-refractivity contribution in [3.63, 3.8) is 0 Å². The quantitative estimate of drug-likeness (QED) is 0.617. The second-order valence-corrected chi connectivity index (χ2v) is 7.39. The molecule has 156 valence electrons. The van der Waals surface area contributed by atoms with E-state index in [1.807, 2.05) is 30.2 Å². The Morgan fingerprint density at radius 1 is 1.30 bits per heavy atom. The summed E-state index contributed by atoms with van der Waals surface area (Å²) in [7, 11) is 1.54. The predicted molar refractivity (Wildman–Crippen MR) is 110 cm³/mol. The van der Waals surface area contributed by atoms with Crippen LogP contribution in [0, 0.1) is 6.92 Å². The number of methoxy groups -OCH3 is 1. The minimum atomic E-state index is -0.0691. The first-order chi connectivity index (χ1) is 14.7. The van der Waals surface area contributed by atoms with E-state index in [9.17, 15) is 4.79 Å². The molecule has 1 aliphatic rings. The van der Waals surface area contributed by atoms with Gasteiger partial charge >= 0.3 is 0 Å². The third kappa shape index (κ3) is 4.32. The van der Waals surface area contributed by atoms with Gasteiger partial charge in [-0.1, -0.05) is 0 Å². The van der Waals surface area contributed by atoms with Crippen molar-refractivity contribution >= 4 is 5.91 Å². The van der Waals surface area contributed by atoms with Crippen molar-refractivity contribution in [2.45, 2.75) is 45.1 Å². The number of nitrogens with zero attached hydrogens (tertiary/aromatic N) is 5. The van der Waals surface area contributed by atoms with E-state index in [0.717, 1.165) is 42.6 Å². The number of aryl methyl sites for hydroxylation is 2. The number of hydrogen-bond acceptors (Lipinski definition) is 7. The highest BCUT2D eigenvalue weighted by atomic mass is 16.5. The molecule has 3 aromatic rings. The number of carbonyl (C=O) groups excluding carboxylic acids is 1. The van der Waals surface area contributed by atoms with Gasteiger partial charge in [0.25, 0.3) is 5.88 Å². The van der Waals surface area contributed by atoms with Crippen LogP contribution in [-0.2, 0) is 11.2 Å². The molecule has 1 atom stereocenters. The molecule has 0 bridgehead atoms. The normalized spacial score (nSPS) is 16.5. The van der Waals surface area contributed by atoms with Gasteiger partial charge in [-0.3, -0.25) is 9.78 Å². The van der Waals surface area contributed by atoms with E-state index in [2.05, 4.69) is 15.1 Å². The minimum Gasteiger partial charge on any atom is -0.479 e. The van der Waals surface area contributed by atoms with E-state index in [0.29, 0.717) is 30.3 Å². The average Bonchev–Trinajstić information content (AvgIpc) is 3.26. The van der Waals surface area contributed by atoms with Gasteiger partial charge in [0, 0.05) is 49.6 Å². The van der Waals surface area contributed by atoms with Crippen LogP contribution < -0.4 is 4.74 Å². The van der Waals surface area contributed by atoms with E-state index in [1.165, 1.54) is 7.11 Å². The number of pyridine rings is 1. The molecule has 1 amide bonds. The molecule has 0 radical (unpaired) electrons. The fourth-order valence-corrected chi connectivity index (χ4v) is 3.89. The first-order valence-electron chi connectivity index (χ1n) is 10.2. The van der Waals surface area contributed by atoms with Crippen molar-refractivity contribution in [3.05, 3.63) is 54.1 Å². The van der Waals surface area contributed by atoms with E-state index >= 15 is 0 Å². The maximum Gasteiger partial charge on any atom is 0.254 e. The van der Waals surface area contributed by atoms with E-state index in [-0.39, 0.29) is 11.9 Å². The molecule has 8 nitrogen and oxygen atoms in total. The molecule has 1 saturated heterocycles. The fourth-order valence-electron chi connectivity index (χ4n) is 3.89. The predicted octanol–water partition coefficient (Wildman–Crippen LogP) is 3.53. The Morgan fingerprint density at radius 2 is 2.13 bits per heavy atom. The molecule has 0 unspecified atom stereocenters. The van der Waals surface area contributed by atoms with Crippen LogP contribution in [0.5, 0.6) is 5.88 Å². The van der Waals surface area contributed by atoms with Crippen LogP contribution in [0.2, 0.25) is 0 Å². The molecule has 1 fully saturated rings. The Hall–Kier alpha value is -3.29. The number of likely N-dealkylation sites (tertiary alicyclic amines) is 1. The lowest BCUT2D eigenvalue weighted by Crippen LogP contribution is -2.39. The number of aromatic nitrogens is 4. The molecule has 3 aromatic heterocycles. The summed E-state index contributed by atoms with van der Waals surface area (Å²) in [5, 5.41) is 3.80. The van der Waals surface area contributed by atoms with Crippen LogP contribution in [0.1, 0.15) is 49.0 Å². The Kier molecular flexibility index (Phi) is 6.02. The van der Waals surface area contributed by atoms with Gasteiger partial charge < -0.3 is 14.2 Å². The minimum absolute atomic E-state index is 0.0691. The molecular formula is C22H25N5O3. The smallest absolute Gasteiger partial charge is 0.254 e. The van der Waals surface area contributed by atoms with Gasteiger partial charge in [0.1, 0.15) is 11.6 Å². The first kappa shape index (κ1) is 20.0. The lowest BCUT2D eigenvalue weighted by molar-refractivity contribution is -0.135. The molecule has 0 spiro atoms. The Bertz CT molecular complexity index is 1010. The largest absolute Gasteiger partial charge is 0.479 e. The highest BCUT2D eigenvalue weighted by molar-refractivity contribution is 5.77. The van der Waals surface area contributed by atoms with Crippen molar-refractivity contribution in [2.24, 2.45) is 0 Å². The Morgan fingerprint density at radius 3 is 2.90 bits per heavy atom. The molecule has 0 aliphatic carbocycles. The van der Waals surface area contributed by atoms with Gasteiger partial charge in [-0.05, 0) is 49.0 Å². The summed E-state index contributed by atoms with van der Waals surface area (Å²) in [5.74, 6) is 1.86. The number of amides is 1. The van der Waals surface area contributed by atoms with Crippen molar-refractivity contribution in [3.8, 4) is 17.0 Å². The maximum absolute atomic E-state index is 13.1. The number of hydrogen-bond donors (Lipinski definition) is 0. The summed E-state index contributed by atoms with van der Waals surface area (Å²) < 4.78 is 10.3. The number of ether oxygens (including phenoxy) is 1. The van der Waals surface area contributed by atoms with E-state index in [1.54, 1.807) is 18.5 Å². The van der Waals surface area contributed by atoms with E-state index < -0.39 is 0 Å². The summed E-state index contributed by atoms with van der Waals surface area (Å²) in [6.07, 6.45) is 9.14. The third-order valence-electron chi connectivity index (χ3n) is 5.40. The second kappa shape index (κ2) is 9.02. The zero-order valence-electron chi connectivity index (χ0n) is 17.2. The van der Waals surface area contributed by atoms with E-state index in [4.69, 9.17) is 14.2 Å². The molecular weight excluding hydrogens is 382 g/mol. The average molecular weight is 407 g/mol. The van der Waals surface area contributed by atoms with Crippen LogP contribution in [0.3, 0.4) is 0 Å². The highest BCUT2D eigenvalue weighted by Gasteiger charge is 2.31. The Balaban J connectivity index is 1.58. The van der Waals surface area contributed by atoms with Gasteiger partial charge in [0.05, 0.1) is 18.8 Å². The number of carbonyl (C=O) groups is 1. The van der Waals surface area contributed by atoms with Crippen molar-refractivity contribution in [1.29, 1.82) is 0 Å². The zero-order chi connectivity index (χ0) is 20.9. The SMILES string of the molecule is COc1cc(CCC(=O)N2CCCC[C@H]2c2nc(C)ncc2-c2ccncc2)on1.